The molecule has 0 aromatic carbocycles. The summed E-state index contributed by atoms with van der Waals surface area (Å²) >= 11 is 1.65. The lowest BCUT2D eigenvalue weighted by Crippen LogP contribution is -2.24. The minimum atomic E-state index is 0.146. The van der Waals surface area contributed by atoms with Crippen LogP contribution in [-0.4, -0.2) is 26.5 Å². The van der Waals surface area contributed by atoms with Crippen LogP contribution in [0, 0.1) is 0 Å². The van der Waals surface area contributed by atoms with Gasteiger partial charge in [-0.2, -0.15) is 0 Å². The van der Waals surface area contributed by atoms with Crippen LogP contribution in [0.3, 0.4) is 0 Å². The van der Waals surface area contributed by atoms with Crippen LogP contribution in [0.5, 0.6) is 0 Å². The summed E-state index contributed by atoms with van der Waals surface area (Å²) in [4.78, 5) is 5.31. The SMILES string of the molecule is CCCNC(c1cncs1)c1cnnn1C. The third kappa shape index (κ3) is 2.28. The molecule has 1 atom stereocenters. The molecule has 0 amide bonds. The lowest BCUT2D eigenvalue weighted by molar-refractivity contribution is 0.556. The molecule has 0 aliphatic heterocycles. The minimum absolute atomic E-state index is 0.146. The van der Waals surface area contributed by atoms with Crippen molar-refractivity contribution in [2.45, 2.75) is 19.4 Å². The lowest BCUT2D eigenvalue weighted by atomic mass is 10.2. The number of hydrogen-bond donors (Lipinski definition) is 1. The smallest absolute Gasteiger partial charge is 0.0874 e. The molecule has 0 aliphatic rings. The molecule has 6 heteroatoms. The van der Waals surface area contributed by atoms with Gasteiger partial charge < -0.3 is 5.32 Å². The summed E-state index contributed by atoms with van der Waals surface area (Å²) in [6.07, 6.45) is 4.79. The van der Waals surface area contributed by atoms with Crippen molar-refractivity contribution in [1.29, 1.82) is 0 Å². The van der Waals surface area contributed by atoms with Crippen molar-refractivity contribution in [3.8, 4) is 0 Å². The topological polar surface area (TPSA) is 55.6 Å². The van der Waals surface area contributed by atoms with E-state index < -0.39 is 0 Å². The molecule has 2 heterocycles. The zero-order valence-electron chi connectivity index (χ0n) is 9.42. The standard InChI is InChI=1S/C10H15N5S/c1-3-4-12-10(9-6-11-7-16-9)8-5-13-14-15(8)2/h5-7,10,12H,3-4H2,1-2H3. The molecule has 0 radical (unpaired) electrons. The third-order valence-electron chi connectivity index (χ3n) is 2.38. The molecule has 16 heavy (non-hydrogen) atoms. The van der Waals surface area contributed by atoms with Gasteiger partial charge in [-0.15, -0.1) is 16.4 Å². The number of nitrogens with one attached hydrogen (secondary N) is 1. The van der Waals surface area contributed by atoms with Crippen LogP contribution in [0.1, 0.15) is 30.0 Å². The van der Waals surface area contributed by atoms with Gasteiger partial charge in [0.05, 0.1) is 23.4 Å². The average molecular weight is 237 g/mol. The second-order valence-corrected chi connectivity index (χ2v) is 4.49. The first-order valence-electron chi connectivity index (χ1n) is 5.29. The van der Waals surface area contributed by atoms with Gasteiger partial charge in [0.2, 0.25) is 0 Å². The van der Waals surface area contributed by atoms with Gasteiger partial charge in [0.15, 0.2) is 0 Å². The molecule has 0 spiro atoms. The van der Waals surface area contributed by atoms with Crippen LogP contribution in [0.2, 0.25) is 0 Å². The van der Waals surface area contributed by atoms with Gasteiger partial charge in [0.1, 0.15) is 0 Å². The van der Waals surface area contributed by atoms with Crippen molar-refractivity contribution >= 4 is 11.3 Å². The molecule has 5 nitrogen and oxygen atoms in total. The molecule has 0 saturated heterocycles. The molecule has 0 bridgehead atoms. The summed E-state index contributed by atoms with van der Waals surface area (Å²) in [6.45, 7) is 3.12. The molecule has 2 aromatic heterocycles. The quantitative estimate of drug-likeness (QED) is 0.853. The third-order valence-corrected chi connectivity index (χ3v) is 3.22. The fraction of sp³-hybridized carbons (Fsp3) is 0.500. The van der Waals surface area contributed by atoms with Gasteiger partial charge in [0.25, 0.3) is 0 Å². The van der Waals surface area contributed by atoms with Gasteiger partial charge in [-0.3, -0.25) is 9.67 Å². The van der Waals surface area contributed by atoms with Crippen molar-refractivity contribution < 1.29 is 0 Å². The van der Waals surface area contributed by atoms with Crippen LogP contribution in [0.25, 0.3) is 0 Å². The highest BCUT2D eigenvalue weighted by molar-refractivity contribution is 7.09. The molecular formula is C10H15N5S. The molecule has 2 aromatic rings. The van der Waals surface area contributed by atoms with Crippen LogP contribution in [0.15, 0.2) is 17.9 Å². The highest BCUT2D eigenvalue weighted by Crippen LogP contribution is 2.23. The fourth-order valence-electron chi connectivity index (χ4n) is 1.57. The fourth-order valence-corrected chi connectivity index (χ4v) is 2.27. The summed E-state index contributed by atoms with van der Waals surface area (Å²) in [5, 5.41) is 11.4. The summed E-state index contributed by atoms with van der Waals surface area (Å²) in [6, 6.07) is 0.146. The predicted molar refractivity (Wildman–Crippen MR) is 63.3 cm³/mol. The van der Waals surface area contributed by atoms with Gasteiger partial charge in [-0.05, 0) is 13.0 Å². The molecule has 2 rings (SSSR count). The van der Waals surface area contributed by atoms with Crippen molar-refractivity contribution in [3.63, 3.8) is 0 Å². The first-order chi connectivity index (χ1) is 7.83. The summed E-state index contributed by atoms with van der Waals surface area (Å²) in [5.41, 5.74) is 2.91. The molecule has 86 valence electrons. The summed E-state index contributed by atoms with van der Waals surface area (Å²) in [5.74, 6) is 0. The summed E-state index contributed by atoms with van der Waals surface area (Å²) in [7, 11) is 1.91. The van der Waals surface area contributed by atoms with Crippen LogP contribution < -0.4 is 5.32 Å². The predicted octanol–water partition coefficient (Wildman–Crippen LogP) is 1.36. The Kier molecular flexibility index (Phi) is 3.63. The lowest BCUT2D eigenvalue weighted by Gasteiger charge is -2.16. The average Bonchev–Trinajstić information content (AvgIpc) is 2.91. The van der Waals surface area contributed by atoms with E-state index in [0.717, 1.165) is 18.7 Å². The monoisotopic (exact) mass is 237 g/mol. The van der Waals surface area contributed by atoms with E-state index in [1.165, 1.54) is 4.88 Å². The van der Waals surface area contributed by atoms with Crippen LogP contribution in [0.4, 0.5) is 0 Å². The first-order valence-corrected chi connectivity index (χ1v) is 6.17. The normalized spacial score (nSPS) is 12.9. The van der Waals surface area contributed by atoms with E-state index in [2.05, 4.69) is 27.5 Å². The number of thiazole rings is 1. The Morgan fingerprint density at radius 1 is 1.50 bits per heavy atom. The Labute approximate surface area is 98.5 Å². The van der Waals surface area contributed by atoms with Gasteiger partial charge in [-0.1, -0.05) is 12.1 Å². The Bertz CT molecular complexity index is 422. The van der Waals surface area contributed by atoms with Gasteiger partial charge in [0, 0.05) is 18.1 Å². The largest absolute Gasteiger partial charge is 0.304 e. The van der Waals surface area contributed by atoms with Crippen molar-refractivity contribution in [1.82, 2.24) is 25.3 Å². The van der Waals surface area contributed by atoms with Gasteiger partial charge >= 0.3 is 0 Å². The highest BCUT2D eigenvalue weighted by atomic mass is 32.1. The maximum atomic E-state index is 4.12. The van der Waals surface area contributed by atoms with E-state index >= 15 is 0 Å². The molecule has 1 N–H and O–H groups in total. The van der Waals surface area contributed by atoms with Crippen LogP contribution >= 0.6 is 11.3 Å². The molecule has 0 fully saturated rings. The molecular weight excluding hydrogens is 222 g/mol. The molecule has 0 aliphatic carbocycles. The van der Waals surface area contributed by atoms with Gasteiger partial charge in [-0.25, -0.2) is 0 Å². The van der Waals surface area contributed by atoms with Crippen molar-refractivity contribution in [3.05, 3.63) is 28.5 Å². The van der Waals surface area contributed by atoms with E-state index in [4.69, 9.17) is 0 Å². The zero-order chi connectivity index (χ0) is 11.4. The second-order valence-electron chi connectivity index (χ2n) is 3.57. The number of hydrogen-bond acceptors (Lipinski definition) is 5. The minimum Gasteiger partial charge on any atom is -0.304 e. The Morgan fingerprint density at radius 2 is 2.38 bits per heavy atom. The summed E-state index contributed by atoms with van der Waals surface area (Å²) < 4.78 is 1.80. The van der Waals surface area contributed by atoms with E-state index in [-0.39, 0.29) is 6.04 Å². The van der Waals surface area contributed by atoms with E-state index in [1.807, 2.05) is 18.8 Å². The van der Waals surface area contributed by atoms with Crippen molar-refractivity contribution in [2.24, 2.45) is 7.05 Å². The Morgan fingerprint density at radius 3 is 2.94 bits per heavy atom. The number of aryl methyl sites for hydroxylation is 1. The zero-order valence-corrected chi connectivity index (χ0v) is 10.2. The number of rotatable bonds is 5. The molecule has 0 saturated carbocycles. The molecule has 1 unspecified atom stereocenters. The van der Waals surface area contributed by atoms with Crippen molar-refractivity contribution in [2.75, 3.05) is 6.54 Å². The number of nitrogens with zero attached hydrogens (tertiary/aromatic N) is 4. The van der Waals surface area contributed by atoms with Crippen LogP contribution in [-0.2, 0) is 7.05 Å². The Balaban J connectivity index is 2.25. The van der Waals surface area contributed by atoms with E-state index in [1.54, 1.807) is 22.2 Å². The number of aromatic nitrogens is 4. The second kappa shape index (κ2) is 5.18. The van der Waals surface area contributed by atoms with E-state index in [9.17, 15) is 0 Å². The maximum Gasteiger partial charge on any atom is 0.0874 e. The Hall–Kier alpha value is -1.27. The maximum absolute atomic E-state index is 4.12. The first kappa shape index (κ1) is 11.2. The van der Waals surface area contributed by atoms with E-state index in [0.29, 0.717) is 0 Å². The highest BCUT2D eigenvalue weighted by Gasteiger charge is 2.18.